The van der Waals surface area contributed by atoms with Crippen LogP contribution in [-0.4, -0.2) is 28.7 Å². The minimum atomic E-state index is -4.84. The largest absolute Gasteiger partial charge is 0.492 e. The number of nitrogens with two attached hydrogens (primary N) is 1. The number of amidine groups is 1. The van der Waals surface area contributed by atoms with Crippen LogP contribution < -0.4 is 10.5 Å². The van der Waals surface area contributed by atoms with Gasteiger partial charge in [-0.25, -0.2) is 0 Å². The van der Waals surface area contributed by atoms with Crippen LogP contribution in [0.3, 0.4) is 0 Å². The SMILES string of the molecule is N/C(=N/O)C(COc1ccc([N+](=O)[O-])c(F)c1)C(F)(F)F. The number of rotatable bonds is 5. The molecule has 1 aromatic rings. The van der Waals surface area contributed by atoms with Gasteiger partial charge in [-0.15, -0.1) is 0 Å². The number of halogens is 4. The second-order valence-corrected chi connectivity index (χ2v) is 3.80. The third kappa shape index (κ3) is 4.19. The summed E-state index contributed by atoms with van der Waals surface area (Å²) < 4.78 is 55.7. The van der Waals surface area contributed by atoms with Crippen molar-refractivity contribution in [3.8, 4) is 5.75 Å². The first-order chi connectivity index (χ1) is 9.66. The Balaban J connectivity index is 2.87. The van der Waals surface area contributed by atoms with Crippen LogP contribution in [0.5, 0.6) is 5.75 Å². The highest BCUT2D eigenvalue weighted by molar-refractivity contribution is 5.83. The molecule has 1 aromatic carbocycles. The standard InChI is InChI=1S/C10H9F4N3O4/c11-7-3-5(1-2-8(7)17(19)20)21-4-6(9(15)16-18)10(12,13)14/h1-3,6,18H,4H2,(H2,15,16). The van der Waals surface area contributed by atoms with E-state index in [1.54, 1.807) is 0 Å². The summed E-state index contributed by atoms with van der Waals surface area (Å²) in [6, 6.07) is 2.25. The number of oxime groups is 1. The molecule has 0 saturated carbocycles. The molecular weight excluding hydrogens is 302 g/mol. The van der Waals surface area contributed by atoms with Gasteiger partial charge in [0.05, 0.1) is 4.92 Å². The summed E-state index contributed by atoms with van der Waals surface area (Å²) in [6.07, 6.45) is -4.84. The van der Waals surface area contributed by atoms with Crippen molar-refractivity contribution >= 4 is 11.5 Å². The van der Waals surface area contributed by atoms with Crippen molar-refractivity contribution in [2.45, 2.75) is 6.18 Å². The lowest BCUT2D eigenvalue weighted by Crippen LogP contribution is -2.40. The number of nitro benzene ring substituents is 1. The predicted molar refractivity (Wildman–Crippen MR) is 61.5 cm³/mol. The Morgan fingerprint density at radius 3 is 2.57 bits per heavy atom. The molecule has 1 rings (SSSR count). The maximum absolute atomic E-state index is 13.3. The third-order valence-electron chi connectivity index (χ3n) is 2.40. The Labute approximate surface area is 114 Å². The monoisotopic (exact) mass is 311 g/mol. The summed E-state index contributed by atoms with van der Waals surface area (Å²) in [5.41, 5.74) is 4.06. The Hall–Kier alpha value is -2.59. The average molecular weight is 311 g/mol. The van der Waals surface area contributed by atoms with E-state index in [1.807, 2.05) is 0 Å². The highest BCUT2D eigenvalue weighted by Crippen LogP contribution is 2.28. The van der Waals surface area contributed by atoms with Crippen molar-refractivity contribution in [1.82, 2.24) is 0 Å². The Morgan fingerprint density at radius 2 is 2.14 bits per heavy atom. The molecule has 0 amide bonds. The lowest BCUT2D eigenvalue weighted by Gasteiger charge is -2.19. The molecule has 116 valence electrons. The van der Waals surface area contributed by atoms with E-state index in [-0.39, 0.29) is 5.75 Å². The van der Waals surface area contributed by atoms with Crippen molar-refractivity contribution in [1.29, 1.82) is 0 Å². The number of nitro groups is 1. The molecular formula is C10H9F4N3O4. The summed E-state index contributed by atoms with van der Waals surface area (Å²) in [4.78, 5) is 9.38. The topological polar surface area (TPSA) is 111 Å². The molecule has 0 aliphatic rings. The number of benzene rings is 1. The highest BCUT2D eigenvalue weighted by Gasteiger charge is 2.43. The number of hydrogen-bond acceptors (Lipinski definition) is 5. The van der Waals surface area contributed by atoms with Gasteiger partial charge in [-0.2, -0.15) is 17.6 Å². The highest BCUT2D eigenvalue weighted by atomic mass is 19.4. The molecule has 0 aliphatic carbocycles. The van der Waals surface area contributed by atoms with E-state index in [1.165, 1.54) is 0 Å². The molecule has 0 fully saturated rings. The molecule has 0 aliphatic heterocycles. The van der Waals surface area contributed by atoms with E-state index in [9.17, 15) is 27.7 Å². The van der Waals surface area contributed by atoms with Crippen LogP contribution in [0.2, 0.25) is 0 Å². The fourth-order valence-electron chi connectivity index (χ4n) is 1.32. The average Bonchev–Trinajstić information content (AvgIpc) is 2.36. The van der Waals surface area contributed by atoms with Crippen LogP contribution in [0.25, 0.3) is 0 Å². The molecule has 0 bridgehead atoms. The first-order valence-electron chi connectivity index (χ1n) is 5.27. The van der Waals surface area contributed by atoms with Gasteiger partial charge in [0, 0.05) is 12.1 Å². The predicted octanol–water partition coefficient (Wildman–Crippen LogP) is 2.04. The molecule has 11 heteroatoms. The van der Waals surface area contributed by atoms with E-state index in [2.05, 4.69) is 9.89 Å². The summed E-state index contributed by atoms with van der Waals surface area (Å²) in [5.74, 6) is -5.14. The number of hydrogen-bond donors (Lipinski definition) is 2. The summed E-state index contributed by atoms with van der Waals surface area (Å²) in [5, 5.41) is 20.9. The van der Waals surface area contributed by atoms with E-state index in [0.29, 0.717) is 6.07 Å². The maximum atomic E-state index is 13.3. The van der Waals surface area contributed by atoms with E-state index in [0.717, 1.165) is 12.1 Å². The van der Waals surface area contributed by atoms with Crippen molar-refractivity contribution in [2.24, 2.45) is 16.8 Å². The van der Waals surface area contributed by atoms with Gasteiger partial charge in [0.25, 0.3) is 0 Å². The molecule has 0 spiro atoms. The Kier molecular flexibility index (Phi) is 4.89. The van der Waals surface area contributed by atoms with Crippen LogP contribution in [-0.2, 0) is 0 Å². The van der Waals surface area contributed by atoms with Crippen molar-refractivity contribution in [3.63, 3.8) is 0 Å². The number of ether oxygens (including phenoxy) is 1. The zero-order chi connectivity index (χ0) is 16.2. The number of nitrogens with zero attached hydrogens (tertiary/aromatic N) is 2. The summed E-state index contributed by atoms with van der Waals surface area (Å²) >= 11 is 0. The molecule has 21 heavy (non-hydrogen) atoms. The van der Waals surface area contributed by atoms with Gasteiger partial charge in [0.15, 0.2) is 5.84 Å². The summed E-state index contributed by atoms with van der Waals surface area (Å²) in [6.45, 7) is -1.07. The zero-order valence-electron chi connectivity index (χ0n) is 10.2. The minimum Gasteiger partial charge on any atom is -0.492 e. The van der Waals surface area contributed by atoms with Gasteiger partial charge in [0.2, 0.25) is 5.82 Å². The smallest absolute Gasteiger partial charge is 0.402 e. The molecule has 0 heterocycles. The lowest BCUT2D eigenvalue weighted by atomic mass is 10.1. The number of alkyl halides is 3. The molecule has 1 atom stereocenters. The van der Waals surface area contributed by atoms with Crippen molar-refractivity contribution in [2.75, 3.05) is 6.61 Å². The van der Waals surface area contributed by atoms with Gasteiger partial charge in [-0.05, 0) is 6.07 Å². The first kappa shape index (κ1) is 16.5. The zero-order valence-corrected chi connectivity index (χ0v) is 10.2. The molecule has 0 saturated heterocycles. The second-order valence-electron chi connectivity index (χ2n) is 3.80. The fourth-order valence-corrected chi connectivity index (χ4v) is 1.32. The van der Waals surface area contributed by atoms with Gasteiger partial charge in [-0.1, -0.05) is 5.16 Å². The van der Waals surface area contributed by atoms with Crippen LogP contribution in [0, 0.1) is 21.8 Å². The lowest BCUT2D eigenvalue weighted by molar-refractivity contribution is -0.387. The van der Waals surface area contributed by atoms with Crippen molar-refractivity contribution in [3.05, 3.63) is 34.1 Å². The molecule has 0 radical (unpaired) electrons. The quantitative estimate of drug-likeness (QED) is 0.216. The van der Waals surface area contributed by atoms with Gasteiger partial charge in [-0.3, -0.25) is 10.1 Å². The Bertz CT molecular complexity index is 562. The second kappa shape index (κ2) is 6.24. The molecule has 0 aromatic heterocycles. The van der Waals surface area contributed by atoms with Crippen LogP contribution in [0.15, 0.2) is 23.4 Å². The van der Waals surface area contributed by atoms with Crippen LogP contribution in [0.1, 0.15) is 0 Å². The van der Waals surface area contributed by atoms with Gasteiger partial charge in [0.1, 0.15) is 18.3 Å². The fraction of sp³-hybridized carbons (Fsp3) is 0.300. The molecule has 7 nitrogen and oxygen atoms in total. The molecule has 3 N–H and O–H groups in total. The molecule has 1 unspecified atom stereocenters. The minimum absolute atomic E-state index is 0.363. The van der Waals surface area contributed by atoms with Crippen LogP contribution >= 0.6 is 0 Å². The van der Waals surface area contributed by atoms with E-state index >= 15 is 0 Å². The van der Waals surface area contributed by atoms with Crippen LogP contribution in [0.4, 0.5) is 23.2 Å². The van der Waals surface area contributed by atoms with E-state index in [4.69, 9.17) is 10.9 Å². The van der Waals surface area contributed by atoms with Crippen molar-refractivity contribution < 1.29 is 32.4 Å². The van der Waals surface area contributed by atoms with E-state index < -0.39 is 41.0 Å². The normalized spacial score (nSPS) is 13.8. The Morgan fingerprint density at radius 1 is 1.52 bits per heavy atom. The van der Waals surface area contributed by atoms with Gasteiger partial charge < -0.3 is 15.7 Å². The third-order valence-corrected chi connectivity index (χ3v) is 2.40. The summed E-state index contributed by atoms with van der Waals surface area (Å²) in [7, 11) is 0. The maximum Gasteiger partial charge on any atom is 0.402 e. The van der Waals surface area contributed by atoms with Gasteiger partial charge >= 0.3 is 11.9 Å². The first-order valence-corrected chi connectivity index (χ1v) is 5.27.